The van der Waals surface area contributed by atoms with Crippen LogP contribution in [0, 0.1) is 0 Å². The van der Waals surface area contributed by atoms with Gasteiger partial charge in [0.1, 0.15) is 0 Å². The van der Waals surface area contributed by atoms with Gasteiger partial charge < -0.3 is 15.0 Å². The number of morpholine rings is 1. The molecule has 0 aromatic carbocycles. The quantitative estimate of drug-likeness (QED) is 0.897. The second-order valence-corrected chi connectivity index (χ2v) is 6.37. The summed E-state index contributed by atoms with van der Waals surface area (Å²) < 4.78 is 5.56. The molecule has 2 heterocycles. The van der Waals surface area contributed by atoms with Crippen molar-refractivity contribution in [2.24, 2.45) is 0 Å². The molecule has 1 aliphatic rings. The summed E-state index contributed by atoms with van der Waals surface area (Å²) in [5, 5.41) is 6.40. The summed E-state index contributed by atoms with van der Waals surface area (Å²) in [6.45, 7) is 7.15. The van der Waals surface area contributed by atoms with E-state index in [0.29, 0.717) is 25.5 Å². The largest absolute Gasteiger partial charge is 0.375 e. The number of nitrogens with zero attached hydrogens (tertiary/aromatic N) is 2. The van der Waals surface area contributed by atoms with Crippen LogP contribution in [0.5, 0.6) is 0 Å². The summed E-state index contributed by atoms with van der Waals surface area (Å²) in [6, 6.07) is 0. The number of nitrogens with one attached hydrogen (secondary N) is 1. The van der Waals surface area contributed by atoms with Gasteiger partial charge in [0, 0.05) is 31.4 Å². The van der Waals surface area contributed by atoms with Gasteiger partial charge in [-0.15, -0.1) is 11.3 Å². The van der Waals surface area contributed by atoms with Gasteiger partial charge in [-0.25, -0.2) is 4.98 Å². The first-order chi connectivity index (χ1) is 9.56. The lowest BCUT2D eigenvalue weighted by molar-refractivity contribution is -0.134. The molecule has 112 valence electrons. The summed E-state index contributed by atoms with van der Waals surface area (Å²) in [7, 11) is 1.83. The van der Waals surface area contributed by atoms with Gasteiger partial charge in [0.15, 0.2) is 0 Å². The average molecular weight is 297 g/mol. The summed E-state index contributed by atoms with van der Waals surface area (Å²) in [5.74, 6) is 0.550. The molecule has 0 saturated carbocycles. The SMILES string of the molecule is CC(C)c1nc(CN(C)C(=O)C[C@@H]2CNCCO2)cs1. The van der Waals surface area contributed by atoms with E-state index in [2.05, 4.69) is 24.1 Å². The first-order valence-corrected chi connectivity index (χ1v) is 7.95. The molecule has 1 N–H and O–H groups in total. The van der Waals surface area contributed by atoms with E-state index in [4.69, 9.17) is 4.74 Å². The maximum Gasteiger partial charge on any atom is 0.225 e. The fourth-order valence-electron chi connectivity index (χ4n) is 2.09. The van der Waals surface area contributed by atoms with Crippen molar-refractivity contribution in [1.82, 2.24) is 15.2 Å². The van der Waals surface area contributed by atoms with Gasteiger partial charge in [-0.2, -0.15) is 0 Å². The van der Waals surface area contributed by atoms with E-state index < -0.39 is 0 Å². The monoisotopic (exact) mass is 297 g/mol. The van der Waals surface area contributed by atoms with Gasteiger partial charge in [-0.05, 0) is 0 Å². The van der Waals surface area contributed by atoms with E-state index in [1.54, 1.807) is 16.2 Å². The van der Waals surface area contributed by atoms with E-state index in [1.807, 2.05) is 12.4 Å². The Kier molecular flexibility index (Phi) is 5.51. The van der Waals surface area contributed by atoms with Gasteiger partial charge in [-0.3, -0.25) is 4.79 Å². The number of rotatable bonds is 5. The Morgan fingerprint density at radius 1 is 1.65 bits per heavy atom. The van der Waals surface area contributed by atoms with Gasteiger partial charge in [0.25, 0.3) is 0 Å². The summed E-state index contributed by atoms with van der Waals surface area (Å²) in [5.41, 5.74) is 0.970. The van der Waals surface area contributed by atoms with Crippen molar-refractivity contribution >= 4 is 17.2 Å². The zero-order valence-electron chi connectivity index (χ0n) is 12.4. The maximum absolute atomic E-state index is 12.2. The van der Waals surface area contributed by atoms with Crippen molar-refractivity contribution in [1.29, 1.82) is 0 Å². The summed E-state index contributed by atoms with van der Waals surface area (Å²) in [6.07, 6.45) is 0.436. The summed E-state index contributed by atoms with van der Waals surface area (Å²) in [4.78, 5) is 18.4. The number of hydrogen-bond donors (Lipinski definition) is 1. The Balaban J connectivity index is 1.83. The predicted octanol–water partition coefficient (Wildman–Crippen LogP) is 1.60. The van der Waals surface area contributed by atoms with Crippen LogP contribution in [0.15, 0.2) is 5.38 Å². The highest BCUT2D eigenvalue weighted by Gasteiger charge is 2.20. The van der Waals surface area contributed by atoms with Gasteiger partial charge in [0.2, 0.25) is 5.91 Å². The first kappa shape index (κ1) is 15.4. The van der Waals surface area contributed by atoms with Crippen LogP contribution in [0.2, 0.25) is 0 Å². The van der Waals surface area contributed by atoms with Crippen LogP contribution in [-0.2, 0) is 16.1 Å². The van der Waals surface area contributed by atoms with Gasteiger partial charge in [0.05, 0.1) is 36.4 Å². The fraction of sp³-hybridized carbons (Fsp3) is 0.714. The topological polar surface area (TPSA) is 54.5 Å². The Labute approximate surface area is 124 Å². The van der Waals surface area contributed by atoms with E-state index in [-0.39, 0.29) is 12.0 Å². The minimum atomic E-state index is 0.000332. The lowest BCUT2D eigenvalue weighted by Gasteiger charge is -2.25. The Morgan fingerprint density at radius 3 is 3.05 bits per heavy atom. The van der Waals surface area contributed by atoms with Crippen molar-refractivity contribution in [2.75, 3.05) is 26.7 Å². The molecule has 0 spiro atoms. The van der Waals surface area contributed by atoms with Crippen LogP contribution in [0.3, 0.4) is 0 Å². The second-order valence-electron chi connectivity index (χ2n) is 5.48. The van der Waals surface area contributed by atoms with Crippen LogP contribution < -0.4 is 5.32 Å². The molecule has 2 rings (SSSR count). The third-order valence-electron chi connectivity index (χ3n) is 3.30. The zero-order chi connectivity index (χ0) is 14.5. The van der Waals surface area contributed by atoms with Gasteiger partial charge >= 0.3 is 0 Å². The Bertz CT molecular complexity index is 441. The highest BCUT2D eigenvalue weighted by atomic mass is 32.1. The third-order valence-corrected chi connectivity index (χ3v) is 4.49. The molecular weight excluding hydrogens is 274 g/mol. The molecule has 20 heavy (non-hydrogen) atoms. The normalized spacial score (nSPS) is 19.3. The lowest BCUT2D eigenvalue weighted by Crippen LogP contribution is -2.41. The zero-order valence-corrected chi connectivity index (χ0v) is 13.2. The van der Waals surface area contributed by atoms with Gasteiger partial charge in [-0.1, -0.05) is 13.8 Å². The van der Waals surface area contributed by atoms with Crippen LogP contribution in [-0.4, -0.2) is 48.6 Å². The van der Waals surface area contributed by atoms with Crippen molar-refractivity contribution in [3.63, 3.8) is 0 Å². The number of ether oxygens (including phenoxy) is 1. The van der Waals surface area contributed by atoms with E-state index >= 15 is 0 Å². The molecule has 5 nitrogen and oxygen atoms in total. The van der Waals surface area contributed by atoms with Crippen LogP contribution >= 0.6 is 11.3 Å². The van der Waals surface area contributed by atoms with E-state index in [9.17, 15) is 4.79 Å². The average Bonchev–Trinajstić information content (AvgIpc) is 2.88. The first-order valence-electron chi connectivity index (χ1n) is 7.07. The second kappa shape index (κ2) is 7.15. The standard InChI is InChI=1S/C14H23N3O2S/c1-10(2)14-16-11(9-20-14)8-17(3)13(18)6-12-7-15-4-5-19-12/h9-10,12,15H,4-8H2,1-3H3/t12-/m1/s1. The van der Waals surface area contributed by atoms with Crippen molar-refractivity contribution in [2.45, 2.75) is 38.8 Å². The number of amides is 1. The summed E-state index contributed by atoms with van der Waals surface area (Å²) >= 11 is 1.66. The molecule has 0 bridgehead atoms. The minimum Gasteiger partial charge on any atom is -0.375 e. The molecule has 0 aliphatic carbocycles. The van der Waals surface area contributed by atoms with E-state index in [0.717, 1.165) is 23.8 Å². The smallest absolute Gasteiger partial charge is 0.225 e. The van der Waals surface area contributed by atoms with Crippen molar-refractivity contribution in [3.05, 3.63) is 16.1 Å². The van der Waals surface area contributed by atoms with Crippen LogP contribution in [0.4, 0.5) is 0 Å². The maximum atomic E-state index is 12.2. The predicted molar refractivity (Wildman–Crippen MR) is 79.9 cm³/mol. The molecule has 0 radical (unpaired) electrons. The van der Waals surface area contributed by atoms with Crippen molar-refractivity contribution < 1.29 is 9.53 Å². The lowest BCUT2D eigenvalue weighted by atomic mass is 10.2. The fourth-order valence-corrected chi connectivity index (χ4v) is 2.92. The number of carbonyl (C=O) groups is 1. The van der Waals surface area contributed by atoms with Crippen LogP contribution in [0.1, 0.15) is 36.9 Å². The molecule has 1 saturated heterocycles. The molecule has 1 aromatic rings. The molecule has 1 atom stereocenters. The molecular formula is C14H23N3O2S. The minimum absolute atomic E-state index is 0.000332. The molecule has 1 fully saturated rings. The van der Waals surface area contributed by atoms with E-state index in [1.165, 1.54) is 0 Å². The Morgan fingerprint density at radius 2 is 2.45 bits per heavy atom. The molecule has 6 heteroatoms. The third kappa shape index (κ3) is 4.26. The molecule has 1 aliphatic heterocycles. The Hall–Kier alpha value is -0.980. The molecule has 1 amide bonds. The van der Waals surface area contributed by atoms with Crippen LogP contribution in [0.25, 0.3) is 0 Å². The number of hydrogen-bond acceptors (Lipinski definition) is 5. The highest BCUT2D eigenvalue weighted by Crippen LogP contribution is 2.20. The molecule has 0 unspecified atom stereocenters. The highest BCUT2D eigenvalue weighted by molar-refractivity contribution is 7.09. The number of carbonyl (C=O) groups excluding carboxylic acids is 1. The number of thiazole rings is 1. The van der Waals surface area contributed by atoms with Crippen molar-refractivity contribution in [3.8, 4) is 0 Å². The molecule has 1 aromatic heterocycles. The number of aromatic nitrogens is 1.